The van der Waals surface area contributed by atoms with Gasteiger partial charge in [0.1, 0.15) is 0 Å². The fraction of sp³-hybridized carbons (Fsp3) is 1.00. The molecule has 2 atom stereocenters. The minimum Gasteiger partial charge on any atom is -0.378 e. The van der Waals surface area contributed by atoms with E-state index in [9.17, 15) is 0 Å². The molecule has 100 valence electrons. The van der Waals surface area contributed by atoms with Gasteiger partial charge in [-0.2, -0.15) is 0 Å². The molecule has 2 fully saturated rings. The molecule has 0 aromatic rings. The van der Waals surface area contributed by atoms with Crippen LogP contribution in [0.3, 0.4) is 0 Å². The quantitative estimate of drug-likeness (QED) is 0.795. The molecule has 2 heterocycles. The summed E-state index contributed by atoms with van der Waals surface area (Å²) in [4.78, 5) is 2.56. The second-order valence-corrected chi connectivity index (χ2v) is 5.81. The van der Waals surface area contributed by atoms with Gasteiger partial charge in [-0.05, 0) is 59.0 Å². The van der Waals surface area contributed by atoms with Crippen LogP contribution in [0.25, 0.3) is 0 Å². The summed E-state index contributed by atoms with van der Waals surface area (Å²) >= 11 is 0. The molecule has 0 spiro atoms. The Labute approximate surface area is 106 Å². The minimum absolute atomic E-state index is 0.527. The molecule has 0 radical (unpaired) electrons. The predicted octanol–water partition coefficient (Wildman–Crippen LogP) is 2.02. The van der Waals surface area contributed by atoms with Crippen LogP contribution in [0.2, 0.25) is 0 Å². The molecular formula is C14H28N2O. The van der Waals surface area contributed by atoms with Crippen molar-refractivity contribution in [2.45, 2.75) is 64.1 Å². The molecule has 0 saturated carbocycles. The third-order valence-electron chi connectivity index (χ3n) is 4.12. The van der Waals surface area contributed by atoms with Crippen LogP contribution in [0.15, 0.2) is 0 Å². The highest BCUT2D eigenvalue weighted by atomic mass is 16.5. The topological polar surface area (TPSA) is 24.5 Å². The van der Waals surface area contributed by atoms with Crippen LogP contribution in [0.1, 0.15) is 46.0 Å². The maximum atomic E-state index is 5.75. The summed E-state index contributed by atoms with van der Waals surface area (Å²) in [5.74, 6) is 0. The highest BCUT2D eigenvalue weighted by Gasteiger charge is 2.23. The molecule has 2 unspecified atom stereocenters. The first kappa shape index (κ1) is 13.3. The normalized spacial score (nSPS) is 31.2. The minimum atomic E-state index is 0.527. The van der Waals surface area contributed by atoms with E-state index in [1.807, 2.05) is 0 Å². The molecule has 17 heavy (non-hydrogen) atoms. The van der Waals surface area contributed by atoms with E-state index in [1.165, 1.54) is 45.2 Å². The first-order chi connectivity index (χ1) is 8.25. The first-order valence-corrected chi connectivity index (χ1v) is 7.34. The molecule has 3 nitrogen and oxygen atoms in total. The fourth-order valence-electron chi connectivity index (χ4n) is 2.91. The van der Waals surface area contributed by atoms with Crippen LogP contribution in [0, 0.1) is 0 Å². The number of nitrogens with one attached hydrogen (secondary N) is 1. The third-order valence-corrected chi connectivity index (χ3v) is 4.12. The summed E-state index contributed by atoms with van der Waals surface area (Å²) in [6.07, 6.45) is 6.91. The van der Waals surface area contributed by atoms with Gasteiger partial charge in [0.15, 0.2) is 0 Å². The summed E-state index contributed by atoms with van der Waals surface area (Å²) in [7, 11) is 0. The highest BCUT2D eigenvalue weighted by Crippen LogP contribution is 2.16. The van der Waals surface area contributed by atoms with Crippen molar-refractivity contribution in [2.75, 3.05) is 26.2 Å². The van der Waals surface area contributed by atoms with E-state index in [1.54, 1.807) is 0 Å². The Kier molecular flexibility index (Phi) is 5.26. The Bertz CT molecular complexity index is 214. The molecule has 0 amide bonds. The van der Waals surface area contributed by atoms with Crippen molar-refractivity contribution >= 4 is 0 Å². The van der Waals surface area contributed by atoms with Crippen LogP contribution < -0.4 is 5.32 Å². The van der Waals surface area contributed by atoms with Crippen molar-refractivity contribution in [2.24, 2.45) is 0 Å². The van der Waals surface area contributed by atoms with Crippen molar-refractivity contribution in [3.05, 3.63) is 0 Å². The maximum absolute atomic E-state index is 5.75. The van der Waals surface area contributed by atoms with Gasteiger partial charge in [0, 0.05) is 25.2 Å². The van der Waals surface area contributed by atoms with Crippen molar-refractivity contribution in [1.82, 2.24) is 10.2 Å². The molecule has 0 aliphatic carbocycles. The van der Waals surface area contributed by atoms with Crippen molar-refractivity contribution in [3.8, 4) is 0 Å². The lowest BCUT2D eigenvalue weighted by Gasteiger charge is -2.24. The fourth-order valence-corrected chi connectivity index (χ4v) is 2.91. The van der Waals surface area contributed by atoms with Gasteiger partial charge in [-0.25, -0.2) is 0 Å². The molecule has 1 N–H and O–H groups in total. The van der Waals surface area contributed by atoms with Crippen molar-refractivity contribution < 1.29 is 4.74 Å². The number of ether oxygens (including phenoxy) is 1. The van der Waals surface area contributed by atoms with Gasteiger partial charge in [0.25, 0.3) is 0 Å². The Morgan fingerprint density at radius 1 is 1.29 bits per heavy atom. The largest absolute Gasteiger partial charge is 0.378 e. The van der Waals surface area contributed by atoms with Crippen LogP contribution in [0.5, 0.6) is 0 Å². The summed E-state index contributed by atoms with van der Waals surface area (Å²) in [6.45, 7) is 9.17. The van der Waals surface area contributed by atoms with Crippen molar-refractivity contribution in [1.29, 1.82) is 0 Å². The Balaban J connectivity index is 1.56. The highest BCUT2D eigenvalue weighted by molar-refractivity contribution is 4.82. The molecule has 0 aromatic heterocycles. The molecule has 0 aromatic carbocycles. The zero-order valence-electron chi connectivity index (χ0n) is 11.5. The van der Waals surface area contributed by atoms with E-state index in [-0.39, 0.29) is 0 Å². The van der Waals surface area contributed by atoms with Gasteiger partial charge in [0.2, 0.25) is 0 Å². The third kappa shape index (κ3) is 4.23. The Morgan fingerprint density at radius 3 is 2.82 bits per heavy atom. The monoisotopic (exact) mass is 240 g/mol. The van der Waals surface area contributed by atoms with Crippen LogP contribution in [0.4, 0.5) is 0 Å². The maximum Gasteiger partial charge on any atom is 0.0587 e. The summed E-state index contributed by atoms with van der Waals surface area (Å²) in [6, 6.07) is 1.41. The number of hydrogen-bond donors (Lipinski definition) is 1. The zero-order valence-corrected chi connectivity index (χ0v) is 11.5. The average Bonchev–Trinajstić information content (AvgIpc) is 2.79. The van der Waals surface area contributed by atoms with Gasteiger partial charge >= 0.3 is 0 Å². The number of likely N-dealkylation sites (tertiary alicyclic amines) is 1. The van der Waals surface area contributed by atoms with Gasteiger partial charge < -0.3 is 10.1 Å². The molecule has 2 rings (SSSR count). The van der Waals surface area contributed by atoms with Gasteiger partial charge in [-0.3, -0.25) is 4.90 Å². The molecular weight excluding hydrogens is 212 g/mol. The van der Waals surface area contributed by atoms with Crippen molar-refractivity contribution in [3.63, 3.8) is 0 Å². The van der Waals surface area contributed by atoms with Crippen LogP contribution in [-0.4, -0.2) is 49.3 Å². The Morgan fingerprint density at radius 2 is 2.18 bits per heavy atom. The summed E-state index contributed by atoms with van der Waals surface area (Å²) in [5.41, 5.74) is 0. The zero-order chi connectivity index (χ0) is 12.1. The molecule has 3 heteroatoms. The van der Waals surface area contributed by atoms with E-state index in [4.69, 9.17) is 4.74 Å². The molecule has 0 bridgehead atoms. The second-order valence-electron chi connectivity index (χ2n) is 5.81. The van der Waals surface area contributed by atoms with E-state index >= 15 is 0 Å². The Hall–Kier alpha value is -0.120. The first-order valence-electron chi connectivity index (χ1n) is 7.34. The van der Waals surface area contributed by atoms with Gasteiger partial charge in [-0.15, -0.1) is 0 Å². The SMILES string of the molecule is CC(C)N1CCC(NCCC2CCCCO2)C1. The smallest absolute Gasteiger partial charge is 0.0587 e. The average molecular weight is 240 g/mol. The van der Waals surface area contributed by atoms with E-state index in [2.05, 4.69) is 24.1 Å². The number of hydrogen-bond acceptors (Lipinski definition) is 3. The number of rotatable bonds is 5. The standard InChI is InChI=1S/C14H28N2O/c1-12(2)16-9-7-13(11-16)15-8-6-14-5-3-4-10-17-14/h12-15H,3-11H2,1-2H3. The lowest BCUT2D eigenvalue weighted by molar-refractivity contribution is 0.0112. The van der Waals surface area contributed by atoms with Crippen LogP contribution >= 0.6 is 0 Å². The lowest BCUT2D eigenvalue weighted by atomic mass is 10.1. The molecule has 2 aliphatic heterocycles. The van der Waals surface area contributed by atoms with E-state index in [0.29, 0.717) is 18.2 Å². The van der Waals surface area contributed by atoms with E-state index in [0.717, 1.165) is 13.2 Å². The van der Waals surface area contributed by atoms with Gasteiger partial charge in [0.05, 0.1) is 6.10 Å². The predicted molar refractivity (Wildman–Crippen MR) is 71.3 cm³/mol. The summed E-state index contributed by atoms with van der Waals surface area (Å²) in [5, 5.41) is 3.69. The van der Waals surface area contributed by atoms with Gasteiger partial charge in [-0.1, -0.05) is 0 Å². The second kappa shape index (κ2) is 6.72. The number of nitrogens with zero attached hydrogens (tertiary/aromatic N) is 1. The summed E-state index contributed by atoms with van der Waals surface area (Å²) < 4.78 is 5.75. The molecule has 2 aliphatic rings. The lowest BCUT2D eigenvalue weighted by Crippen LogP contribution is -2.36. The van der Waals surface area contributed by atoms with Crippen LogP contribution in [-0.2, 0) is 4.74 Å². The van der Waals surface area contributed by atoms with E-state index < -0.39 is 0 Å². The molecule has 2 saturated heterocycles.